The van der Waals surface area contributed by atoms with Crippen molar-refractivity contribution in [3.63, 3.8) is 0 Å². The molecule has 0 saturated heterocycles. The summed E-state index contributed by atoms with van der Waals surface area (Å²) in [5, 5.41) is 14.0. The zero-order chi connectivity index (χ0) is 17.9. The number of hydrogen-bond acceptors (Lipinski definition) is 6. The van der Waals surface area contributed by atoms with E-state index in [0.29, 0.717) is 0 Å². The van der Waals surface area contributed by atoms with Crippen LogP contribution in [0.4, 0.5) is 4.79 Å². The molecule has 0 spiro atoms. The summed E-state index contributed by atoms with van der Waals surface area (Å²) in [5.41, 5.74) is -0.792. The summed E-state index contributed by atoms with van der Waals surface area (Å²) in [6, 6.07) is 0. The van der Waals surface area contributed by atoms with Crippen molar-refractivity contribution in [2.24, 2.45) is 10.1 Å². The Hall–Kier alpha value is -2.35. The molecular formula is C14H19ClN4O4. The molecule has 0 aliphatic carbocycles. The van der Waals surface area contributed by atoms with Gasteiger partial charge in [-0.15, -0.1) is 0 Å². The minimum atomic E-state index is -1.19. The summed E-state index contributed by atoms with van der Waals surface area (Å²) in [5.74, 6) is -1.06. The van der Waals surface area contributed by atoms with Crippen molar-refractivity contribution in [2.75, 3.05) is 7.05 Å². The maximum atomic E-state index is 12.2. The average molecular weight is 343 g/mol. The monoisotopic (exact) mass is 342 g/mol. The fourth-order valence-corrected chi connectivity index (χ4v) is 1.78. The van der Waals surface area contributed by atoms with E-state index in [4.69, 9.17) is 21.4 Å². The number of carbonyl (C=O) groups is 2. The molecule has 1 heterocycles. The minimum absolute atomic E-state index is 0.00547. The van der Waals surface area contributed by atoms with Crippen molar-refractivity contribution < 1.29 is 19.4 Å². The van der Waals surface area contributed by atoms with Gasteiger partial charge in [-0.25, -0.2) is 14.6 Å². The number of amides is 1. The fourth-order valence-electron chi connectivity index (χ4n) is 1.60. The lowest BCUT2D eigenvalue weighted by molar-refractivity contribution is -0.132. The highest BCUT2D eigenvalue weighted by molar-refractivity contribution is 6.68. The van der Waals surface area contributed by atoms with E-state index in [0.717, 1.165) is 9.91 Å². The Kier molecular flexibility index (Phi) is 5.55. The van der Waals surface area contributed by atoms with Gasteiger partial charge in [0.2, 0.25) is 0 Å². The number of hydrazone groups is 1. The molecule has 23 heavy (non-hydrogen) atoms. The lowest BCUT2D eigenvalue weighted by Crippen LogP contribution is -2.39. The average Bonchev–Trinajstić information content (AvgIpc) is 2.42. The van der Waals surface area contributed by atoms with Gasteiger partial charge in [-0.05, 0) is 27.7 Å². The summed E-state index contributed by atoms with van der Waals surface area (Å²) in [7, 11) is 1.45. The topological polar surface area (TPSA) is 94.8 Å². The van der Waals surface area contributed by atoms with E-state index in [2.05, 4.69) is 16.8 Å². The van der Waals surface area contributed by atoms with Gasteiger partial charge < -0.3 is 9.84 Å². The quantitative estimate of drug-likeness (QED) is 0.628. The first kappa shape index (κ1) is 18.7. The number of rotatable bonds is 3. The molecule has 9 heteroatoms. The second-order valence-electron chi connectivity index (χ2n) is 5.68. The molecule has 1 aliphatic heterocycles. The van der Waals surface area contributed by atoms with Crippen molar-refractivity contribution in [3.8, 4) is 0 Å². The van der Waals surface area contributed by atoms with Crippen LogP contribution in [0.5, 0.6) is 0 Å². The van der Waals surface area contributed by atoms with Gasteiger partial charge >= 0.3 is 12.1 Å². The van der Waals surface area contributed by atoms with Crippen LogP contribution < -0.4 is 0 Å². The molecule has 1 rings (SSSR count). The molecule has 8 nitrogen and oxygen atoms in total. The molecule has 0 unspecified atom stereocenters. The molecule has 0 aromatic carbocycles. The maximum absolute atomic E-state index is 12.2. The van der Waals surface area contributed by atoms with E-state index in [1.807, 2.05) is 0 Å². The van der Waals surface area contributed by atoms with E-state index in [1.54, 1.807) is 20.8 Å². The standard InChI is InChI=1S/C14H19ClN4O4/c1-8(12(20)21)11-17-9(15)7-10(19(11)16-5)18(6)13(22)23-14(2,3)4/h7H,5H2,1-4,6H3,(H,20,21)/b11-8+. The molecule has 1 N–H and O–H groups in total. The van der Waals surface area contributed by atoms with Crippen molar-refractivity contribution in [2.45, 2.75) is 33.3 Å². The lowest BCUT2D eigenvalue weighted by atomic mass is 10.2. The molecule has 1 amide bonds. The Labute approximate surface area is 139 Å². The van der Waals surface area contributed by atoms with Gasteiger partial charge in [0.15, 0.2) is 5.82 Å². The number of halogens is 1. The summed E-state index contributed by atoms with van der Waals surface area (Å²) >= 11 is 5.94. The van der Waals surface area contributed by atoms with E-state index in [-0.39, 0.29) is 22.4 Å². The predicted octanol–water partition coefficient (Wildman–Crippen LogP) is 2.58. The van der Waals surface area contributed by atoms with E-state index in [9.17, 15) is 9.59 Å². The first-order valence-corrected chi connectivity index (χ1v) is 6.99. The minimum Gasteiger partial charge on any atom is -0.478 e. The van der Waals surface area contributed by atoms with Crippen molar-refractivity contribution in [1.29, 1.82) is 0 Å². The Morgan fingerprint density at radius 1 is 1.48 bits per heavy atom. The van der Waals surface area contributed by atoms with Crippen LogP contribution in [0.2, 0.25) is 0 Å². The normalized spacial score (nSPS) is 17.0. The number of carboxylic acids is 1. The smallest absolute Gasteiger partial charge is 0.415 e. The third-order valence-electron chi connectivity index (χ3n) is 2.69. The van der Waals surface area contributed by atoms with Crippen LogP contribution >= 0.6 is 11.6 Å². The highest BCUT2D eigenvalue weighted by Gasteiger charge is 2.30. The second-order valence-corrected chi connectivity index (χ2v) is 6.07. The third kappa shape index (κ3) is 4.56. The Morgan fingerprint density at radius 2 is 2.04 bits per heavy atom. The summed E-state index contributed by atoms with van der Waals surface area (Å²) < 4.78 is 5.27. The van der Waals surface area contributed by atoms with Crippen LogP contribution in [-0.4, -0.2) is 51.6 Å². The molecule has 0 atom stereocenters. The molecule has 126 valence electrons. The van der Waals surface area contributed by atoms with E-state index in [1.165, 1.54) is 20.0 Å². The SMILES string of the molecule is C=NN1C(N(C)C(=O)OC(C)(C)C)=CC(Cl)=N/C1=C(/C)C(=O)O. The van der Waals surface area contributed by atoms with Crippen molar-refractivity contribution in [1.82, 2.24) is 9.91 Å². The van der Waals surface area contributed by atoms with Crippen LogP contribution in [0, 0.1) is 0 Å². The summed E-state index contributed by atoms with van der Waals surface area (Å²) in [4.78, 5) is 28.5. The Bertz CT molecular complexity index is 631. The molecule has 0 radical (unpaired) electrons. The first-order chi connectivity index (χ1) is 10.5. The second kappa shape index (κ2) is 6.82. The van der Waals surface area contributed by atoms with Gasteiger partial charge in [0.05, 0.1) is 5.57 Å². The Balaban J connectivity index is 3.27. The van der Waals surface area contributed by atoms with E-state index < -0.39 is 17.7 Å². The molecule has 1 aliphatic rings. The highest BCUT2D eigenvalue weighted by atomic mass is 35.5. The van der Waals surface area contributed by atoms with Crippen LogP contribution in [0.15, 0.2) is 33.4 Å². The molecule has 0 fully saturated rings. The summed E-state index contributed by atoms with van der Waals surface area (Å²) in [6.45, 7) is 9.92. The molecule has 0 aromatic heterocycles. The van der Waals surface area contributed by atoms with Crippen LogP contribution in [0.25, 0.3) is 0 Å². The zero-order valence-corrected chi connectivity index (χ0v) is 14.4. The molecule has 0 saturated carbocycles. The number of ether oxygens (including phenoxy) is 1. The van der Waals surface area contributed by atoms with Gasteiger partial charge in [-0.1, -0.05) is 11.6 Å². The number of allylic oxidation sites excluding steroid dienone is 1. The lowest BCUT2D eigenvalue weighted by Gasteiger charge is -2.32. The number of carbonyl (C=O) groups excluding carboxylic acids is 1. The van der Waals surface area contributed by atoms with Crippen molar-refractivity contribution in [3.05, 3.63) is 23.3 Å². The highest BCUT2D eigenvalue weighted by Crippen LogP contribution is 2.27. The number of nitrogens with zero attached hydrogens (tertiary/aromatic N) is 4. The van der Waals surface area contributed by atoms with Gasteiger partial charge in [-0.3, -0.25) is 4.90 Å². The number of aliphatic carboxylic acids is 1. The van der Waals surface area contributed by atoms with Gasteiger partial charge in [-0.2, -0.15) is 10.1 Å². The largest absolute Gasteiger partial charge is 0.478 e. The number of hydrogen-bond donors (Lipinski definition) is 1. The van der Waals surface area contributed by atoms with Gasteiger partial charge in [0.1, 0.15) is 16.6 Å². The third-order valence-corrected chi connectivity index (χ3v) is 2.88. The molecule has 0 aromatic rings. The zero-order valence-electron chi connectivity index (χ0n) is 13.6. The van der Waals surface area contributed by atoms with Gasteiger partial charge in [0, 0.05) is 19.8 Å². The Morgan fingerprint density at radius 3 is 2.48 bits per heavy atom. The van der Waals surface area contributed by atoms with E-state index >= 15 is 0 Å². The summed E-state index contributed by atoms with van der Waals surface area (Å²) in [6.07, 6.45) is 0.704. The number of aliphatic imine (C=N–C) groups is 1. The van der Waals surface area contributed by atoms with Crippen LogP contribution in [0.3, 0.4) is 0 Å². The van der Waals surface area contributed by atoms with Gasteiger partial charge in [0.25, 0.3) is 0 Å². The van der Waals surface area contributed by atoms with Crippen LogP contribution in [0.1, 0.15) is 27.7 Å². The van der Waals surface area contributed by atoms with Crippen LogP contribution in [-0.2, 0) is 9.53 Å². The first-order valence-electron chi connectivity index (χ1n) is 6.61. The predicted molar refractivity (Wildman–Crippen MR) is 87.1 cm³/mol. The maximum Gasteiger partial charge on any atom is 0.415 e. The fraction of sp³-hybridized carbons (Fsp3) is 0.429. The molecular weight excluding hydrogens is 324 g/mol. The number of carboxylic acid groups (broad SMARTS) is 1. The van der Waals surface area contributed by atoms with Crippen molar-refractivity contribution >= 4 is 35.6 Å². The molecule has 0 bridgehead atoms.